The highest BCUT2D eigenvalue weighted by Crippen LogP contribution is 2.30. The molecular weight excluding hydrogens is 430 g/mol. The molecule has 9 nitrogen and oxygen atoms in total. The molecule has 1 saturated heterocycles. The fourth-order valence-electron chi connectivity index (χ4n) is 3.45. The first-order valence-electron chi connectivity index (χ1n) is 9.75. The smallest absolute Gasteiger partial charge is 0.350 e. The fraction of sp³-hybridized carbons (Fsp3) is 0.421. The maximum atomic E-state index is 12.8. The maximum absolute atomic E-state index is 12.8. The molecule has 1 fully saturated rings. The average molecular weight is 452 g/mol. The van der Waals surface area contributed by atoms with Crippen LogP contribution in [0, 0.1) is 0 Å². The first-order chi connectivity index (χ1) is 14.8. The molecule has 0 atom stereocenters. The van der Waals surface area contributed by atoms with Crippen molar-refractivity contribution >= 4 is 26.7 Å². The van der Waals surface area contributed by atoms with Crippen LogP contribution in [0.2, 0.25) is 0 Å². The zero-order chi connectivity index (χ0) is 22.2. The highest BCUT2D eigenvalue weighted by molar-refractivity contribution is 7.89. The van der Waals surface area contributed by atoms with Crippen molar-refractivity contribution in [2.75, 3.05) is 31.1 Å². The topological polar surface area (TPSA) is 104 Å². The minimum Gasteiger partial charge on any atom is -0.475 e. The van der Waals surface area contributed by atoms with Crippen LogP contribution in [0.25, 0.3) is 22.2 Å². The van der Waals surface area contributed by atoms with E-state index in [2.05, 4.69) is 20.2 Å². The van der Waals surface area contributed by atoms with Crippen LogP contribution in [0.4, 0.5) is 14.6 Å². The zero-order valence-corrected chi connectivity index (χ0v) is 17.8. The second-order valence-electron chi connectivity index (χ2n) is 7.40. The number of alkyl halides is 2. The van der Waals surface area contributed by atoms with Gasteiger partial charge in [0.15, 0.2) is 0 Å². The predicted molar refractivity (Wildman–Crippen MR) is 112 cm³/mol. The summed E-state index contributed by atoms with van der Waals surface area (Å²) >= 11 is 0. The van der Waals surface area contributed by atoms with E-state index in [1.807, 2.05) is 36.9 Å². The Balaban J connectivity index is 1.57. The molecular formula is C19H22F2N6O3S. The number of pyridine rings is 2. The Labute approximate surface area is 178 Å². The Hall–Kier alpha value is -2.86. The minimum absolute atomic E-state index is 0.0135. The van der Waals surface area contributed by atoms with Crippen molar-refractivity contribution in [3.8, 4) is 17.1 Å². The van der Waals surface area contributed by atoms with Gasteiger partial charge in [-0.2, -0.15) is 18.2 Å². The van der Waals surface area contributed by atoms with Crippen molar-refractivity contribution in [2.45, 2.75) is 25.7 Å². The number of ether oxygens (including phenoxy) is 1. The molecule has 0 amide bonds. The Morgan fingerprint density at radius 2 is 1.87 bits per heavy atom. The van der Waals surface area contributed by atoms with E-state index in [0.717, 1.165) is 20.8 Å². The summed E-state index contributed by atoms with van der Waals surface area (Å²) in [7, 11) is -4.57. The summed E-state index contributed by atoms with van der Waals surface area (Å²) in [6.45, 7) is 4.32. The monoisotopic (exact) mass is 452 g/mol. The van der Waals surface area contributed by atoms with Crippen LogP contribution in [0.15, 0.2) is 30.6 Å². The summed E-state index contributed by atoms with van der Waals surface area (Å²) in [5.41, 5.74) is 2.27. The minimum atomic E-state index is -4.57. The average Bonchev–Trinajstić information content (AvgIpc) is 3.16. The highest BCUT2D eigenvalue weighted by atomic mass is 32.2. The second-order valence-corrected chi connectivity index (χ2v) is 9.30. The molecule has 0 unspecified atom stereocenters. The number of piperazine rings is 1. The Kier molecular flexibility index (Phi) is 5.75. The summed E-state index contributed by atoms with van der Waals surface area (Å²) < 4.78 is 55.4. The van der Waals surface area contributed by atoms with Crippen molar-refractivity contribution in [2.24, 2.45) is 0 Å². The molecule has 0 bridgehead atoms. The van der Waals surface area contributed by atoms with E-state index in [-0.39, 0.29) is 32.3 Å². The van der Waals surface area contributed by atoms with Crippen molar-refractivity contribution in [3.05, 3.63) is 30.6 Å². The van der Waals surface area contributed by atoms with Gasteiger partial charge in [0.25, 0.3) is 10.0 Å². The number of anilines is 1. The summed E-state index contributed by atoms with van der Waals surface area (Å²) in [6, 6.07) is 5.48. The van der Waals surface area contributed by atoms with Crippen molar-refractivity contribution in [1.29, 1.82) is 0 Å². The molecule has 0 aliphatic carbocycles. The van der Waals surface area contributed by atoms with Crippen LogP contribution in [0.1, 0.15) is 13.8 Å². The largest absolute Gasteiger partial charge is 0.475 e. The zero-order valence-electron chi connectivity index (χ0n) is 17.0. The van der Waals surface area contributed by atoms with Gasteiger partial charge in [-0.05, 0) is 26.0 Å². The van der Waals surface area contributed by atoms with Gasteiger partial charge >= 0.3 is 5.76 Å². The number of fused-ring (bicyclic) bond motifs is 1. The number of H-pyrrole nitrogens is 1. The molecule has 0 spiro atoms. The quantitative estimate of drug-likeness (QED) is 0.613. The van der Waals surface area contributed by atoms with Crippen LogP contribution in [-0.4, -0.2) is 70.9 Å². The molecule has 1 aliphatic rings. The van der Waals surface area contributed by atoms with E-state index < -0.39 is 15.8 Å². The maximum Gasteiger partial charge on any atom is 0.350 e. The SMILES string of the molecule is CC(C)Oc1cc2c(-c3ccnc(N4CCN(S(=O)(=O)C(F)F)CC4)c3)n[nH]c2cn1. The lowest BCUT2D eigenvalue weighted by molar-refractivity contribution is 0.217. The van der Waals surface area contributed by atoms with Crippen molar-refractivity contribution in [1.82, 2.24) is 24.5 Å². The highest BCUT2D eigenvalue weighted by Gasteiger charge is 2.34. The standard InChI is InChI=1S/C19H22F2N6O3S/c1-12(2)30-17-10-14-15(11-23-17)24-25-18(14)13-3-4-22-16(9-13)26-5-7-27(8-6-26)31(28,29)19(20)21/h3-4,9-12,19H,5-8H2,1-2H3,(H,24,25). The third-order valence-electron chi connectivity index (χ3n) is 4.95. The van der Waals surface area contributed by atoms with Crippen LogP contribution in [0.3, 0.4) is 0 Å². The van der Waals surface area contributed by atoms with Gasteiger partial charge in [0, 0.05) is 49.4 Å². The predicted octanol–water partition coefficient (Wildman–Crippen LogP) is 2.48. The number of nitrogens with one attached hydrogen (secondary N) is 1. The number of hydrogen-bond donors (Lipinski definition) is 1. The van der Waals surface area contributed by atoms with Gasteiger partial charge in [0.1, 0.15) is 11.5 Å². The lowest BCUT2D eigenvalue weighted by atomic mass is 10.1. The van der Waals surface area contributed by atoms with E-state index >= 15 is 0 Å². The van der Waals surface area contributed by atoms with E-state index in [0.29, 0.717) is 17.4 Å². The fourth-order valence-corrected chi connectivity index (χ4v) is 4.34. The van der Waals surface area contributed by atoms with Crippen molar-refractivity contribution in [3.63, 3.8) is 0 Å². The van der Waals surface area contributed by atoms with E-state index in [1.54, 1.807) is 12.4 Å². The van der Waals surface area contributed by atoms with E-state index in [4.69, 9.17) is 4.74 Å². The lowest BCUT2D eigenvalue weighted by Crippen LogP contribution is -2.50. The molecule has 3 aromatic rings. The number of rotatable bonds is 6. The molecule has 1 N–H and O–H groups in total. The molecule has 4 rings (SSSR count). The molecule has 0 saturated carbocycles. The third-order valence-corrected chi connectivity index (χ3v) is 6.48. The van der Waals surface area contributed by atoms with Gasteiger partial charge in [0.05, 0.1) is 17.8 Å². The number of aromatic amines is 1. The summed E-state index contributed by atoms with van der Waals surface area (Å²) in [5.74, 6) is -2.29. The van der Waals surface area contributed by atoms with Gasteiger partial charge < -0.3 is 9.64 Å². The normalized spacial score (nSPS) is 15.9. The molecule has 1 aliphatic heterocycles. The molecule has 3 aromatic heterocycles. The number of nitrogens with zero attached hydrogens (tertiary/aromatic N) is 5. The van der Waals surface area contributed by atoms with Crippen LogP contribution < -0.4 is 9.64 Å². The lowest BCUT2D eigenvalue weighted by Gasteiger charge is -2.34. The van der Waals surface area contributed by atoms with Gasteiger partial charge in [-0.15, -0.1) is 0 Å². The molecule has 31 heavy (non-hydrogen) atoms. The van der Waals surface area contributed by atoms with Gasteiger partial charge in [-0.1, -0.05) is 0 Å². The Morgan fingerprint density at radius 3 is 2.55 bits per heavy atom. The summed E-state index contributed by atoms with van der Waals surface area (Å²) in [5, 5.41) is 8.19. The first kappa shape index (κ1) is 21.4. The Bertz CT molecular complexity index is 1180. The van der Waals surface area contributed by atoms with Crippen molar-refractivity contribution < 1.29 is 21.9 Å². The van der Waals surface area contributed by atoms with E-state index in [1.165, 1.54) is 0 Å². The number of aromatic nitrogens is 4. The van der Waals surface area contributed by atoms with Gasteiger partial charge in [-0.25, -0.2) is 18.4 Å². The van der Waals surface area contributed by atoms with Gasteiger partial charge in [-0.3, -0.25) is 5.10 Å². The van der Waals surface area contributed by atoms with Gasteiger partial charge in [0.2, 0.25) is 5.88 Å². The number of sulfonamides is 1. The van der Waals surface area contributed by atoms with Crippen LogP contribution in [0.5, 0.6) is 5.88 Å². The number of halogens is 2. The molecule has 166 valence electrons. The Morgan fingerprint density at radius 1 is 1.13 bits per heavy atom. The molecule has 0 radical (unpaired) electrons. The van der Waals surface area contributed by atoms with Crippen LogP contribution >= 0.6 is 0 Å². The molecule has 0 aromatic carbocycles. The summed E-state index contributed by atoms with van der Waals surface area (Å²) in [4.78, 5) is 10.5. The summed E-state index contributed by atoms with van der Waals surface area (Å²) in [6.07, 6.45) is 3.29. The number of hydrogen-bond acceptors (Lipinski definition) is 7. The third kappa shape index (κ3) is 4.30. The second kappa shape index (κ2) is 8.35. The first-order valence-corrected chi connectivity index (χ1v) is 11.3. The molecule has 12 heteroatoms. The molecule has 4 heterocycles. The van der Waals surface area contributed by atoms with E-state index in [9.17, 15) is 17.2 Å². The van der Waals surface area contributed by atoms with Crippen LogP contribution in [-0.2, 0) is 10.0 Å².